The molecular weight excluding hydrogens is 453 g/mol. The van der Waals surface area contributed by atoms with Gasteiger partial charge in [-0.15, -0.1) is 0 Å². The minimum atomic E-state index is -5.46. The average Bonchev–Trinajstić information content (AvgIpc) is 1.43. The van der Waals surface area contributed by atoms with Gasteiger partial charge in [0.1, 0.15) is 0 Å². The van der Waals surface area contributed by atoms with Gasteiger partial charge in [-0.1, -0.05) is 0 Å². The molecule has 0 amide bonds. The minimum Gasteiger partial charge on any atom is -1.00 e. The van der Waals surface area contributed by atoms with Gasteiger partial charge < -0.3 is 38.7 Å². The van der Waals surface area contributed by atoms with E-state index in [4.69, 9.17) is 24.5 Å². The third-order valence-electron chi connectivity index (χ3n) is 0.419. The fourth-order valence-electron chi connectivity index (χ4n) is 0.284. The molecule has 0 bridgehead atoms. The molecule has 0 radical (unpaired) electrons. The molecule has 18 heteroatoms. The second kappa shape index (κ2) is 17.1. The molecule has 0 fully saturated rings. The molecule has 0 spiro atoms. The van der Waals surface area contributed by atoms with Crippen molar-refractivity contribution in [2.75, 3.05) is 0 Å². The molecule has 10 nitrogen and oxygen atoms in total. The maximum atomic E-state index is 10.4. The van der Waals surface area contributed by atoms with Crippen molar-refractivity contribution in [1.29, 1.82) is 0 Å². The zero-order valence-corrected chi connectivity index (χ0v) is 22.9. The van der Waals surface area contributed by atoms with Crippen LogP contribution >= 0.6 is 23.5 Å². The summed E-state index contributed by atoms with van der Waals surface area (Å²) in [6.07, 6.45) is 0. The van der Waals surface area contributed by atoms with E-state index >= 15 is 0 Å². The molecule has 0 unspecified atom stereocenters. The minimum absolute atomic E-state index is 0. The summed E-state index contributed by atoms with van der Waals surface area (Å²) in [5.41, 5.74) is 0. The largest absolute Gasteiger partial charge is 2.00 e. The van der Waals surface area contributed by atoms with Crippen LogP contribution in [0.2, 0.25) is 0 Å². The van der Waals surface area contributed by atoms with Crippen molar-refractivity contribution in [2.24, 2.45) is 0 Å². The zero-order chi connectivity index (χ0) is 10.9. The van der Waals surface area contributed by atoms with E-state index in [1.807, 2.05) is 0 Å². The van der Waals surface area contributed by atoms with Gasteiger partial charge in [0.2, 0.25) is 0 Å². The van der Waals surface area contributed by atoms with E-state index in [9.17, 15) is 13.7 Å². The number of hydrogen-bond acceptors (Lipinski definition) is 5. The Hall–Kier alpha value is 6.71. The molecule has 0 saturated carbocycles. The molecule has 0 aliphatic heterocycles. The molecule has 0 aliphatic carbocycles. The standard InChI is InChI=1S/5Ca.H5O10P3.10H/c;;;;;1-11(2,3)9-13(7,8)10-12(4,5)6;;;;;;;;;;/h;;;;;(H,7,8)(H2,1,2,3)(H2,4,5,6);;;;;;;;;;/q5*+2;;10*-1. The molecule has 0 aromatic rings. The van der Waals surface area contributed by atoms with Gasteiger partial charge in [0, 0.05) is 0 Å². The maximum absolute atomic E-state index is 10.4. The second-order valence-corrected chi connectivity index (χ2v) is 5.82. The molecule has 0 aromatic carbocycles. The predicted molar refractivity (Wildman–Crippen MR) is 76.0 cm³/mol. The first kappa shape index (κ1) is 39.7. The summed E-state index contributed by atoms with van der Waals surface area (Å²) < 4.78 is 36.4. The third-order valence-corrected chi connectivity index (χ3v) is 3.77. The molecule has 0 heterocycles. The molecule has 0 aromatic heterocycles. The summed E-state index contributed by atoms with van der Waals surface area (Å²) in [6.45, 7) is 0. The van der Waals surface area contributed by atoms with Crippen molar-refractivity contribution >= 4 is 212 Å². The summed E-state index contributed by atoms with van der Waals surface area (Å²) in [6, 6.07) is 0. The van der Waals surface area contributed by atoms with E-state index in [-0.39, 0.29) is 203 Å². The molecule has 5 N–H and O–H groups in total. The van der Waals surface area contributed by atoms with Crippen LogP contribution in [0.15, 0.2) is 0 Å². The van der Waals surface area contributed by atoms with Gasteiger partial charge in [-0.25, -0.2) is 13.7 Å². The van der Waals surface area contributed by atoms with Crippen LogP contribution in [0.4, 0.5) is 0 Å². The fraction of sp³-hybridized carbons (Fsp3) is 0. The summed E-state index contributed by atoms with van der Waals surface area (Å²) in [5, 5.41) is 0. The van der Waals surface area contributed by atoms with Gasteiger partial charge >= 0.3 is 212 Å². The maximum Gasteiger partial charge on any atom is 2.00 e. The van der Waals surface area contributed by atoms with Crippen LogP contribution < -0.4 is 0 Å². The number of phosphoric acid groups is 3. The summed E-state index contributed by atoms with van der Waals surface area (Å²) >= 11 is 0. The van der Waals surface area contributed by atoms with Gasteiger partial charge in [-0.2, -0.15) is 8.62 Å². The third kappa shape index (κ3) is 30.6. The SMILES string of the molecule is O=P(O)(O)OP(=O)(O)OP(=O)(O)O.[Ca+2].[Ca+2].[Ca+2].[Ca+2].[Ca+2].[H-].[H-].[H-].[H-].[H-].[H-].[H-].[H-].[H-].[H-]. The van der Waals surface area contributed by atoms with Gasteiger partial charge in [0.15, 0.2) is 0 Å². The first-order valence-corrected chi connectivity index (χ1v) is 6.83. The monoisotopic (exact) mass is 468 g/mol. The Morgan fingerprint density at radius 3 is 0.889 bits per heavy atom. The Labute approximate surface area is 267 Å². The van der Waals surface area contributed by atoms with E-state index in [0.29, 0.717) is 0 Å². The van der Waals surface area contributed by atoms with Crippen LogP contribution in [0.3, 0.4) is 0 Å². The second-order valence-electron chi connectivity index (χ2n) is 1.61. The molecule has 0 aliphatic rings. The van der Waals surface area contributed by atoms with E-state index in [2.05, 4.69) is 8.62 Å². The van der Waals surface area contributed by atoms with E-state index in [1.165, 1.54) is 0 Å². The van der Waals surface area contributed by atoms with E-state index in [1.54, 1.807) is 0 Å². The Bertz CT molecular complexity index is 314. The average molecular weight is 468 g/mol. The molecule has 0 atom stereocenters. The van der Waals surface area contributed by atoms with Crippen molar-refractivity contribution in [2.45, 2.75) is 0 Å². The Balaban J connectivity index is -0.00000000686. The Morgan fingerprint density at radius 2 is 0.778 bits per heavy atom. The van der Waals surface area contributed by atoms with Crippen molar-refractivity contribution in [3.63, 3.8) is 0 Å². The van der Waals surface area contributed by atoms with Gasteiger partial charge in [-0.05, 0) is 0 Å². The van der Waals surface area contributed by atoms with E-state index in [0.717, 1.165) is 0 Å². The molecule has 18 heavy (non-hydrogen) atoms. The molecule has 0 saturated heterocycles. The Kier molecular flexibility index (Phi) is 37.8. The van der Waals surface area contributed by atoms with Gasteiger partial charge in [-0.3, -0.25) is 0 Å². The molecule has 0 rings (SSSR count). The zero-order valence-electron chi connectivity index (χ0n) is 19.2. The van der Waals surface area contributed by atoms with Crippen LogP contribution in [0.1, 0.15) is 14.3 Å². The van der Waals surface area contributed by atoms with Crippen molar-refractivity contribution < 1.29 is 61.0 Å². The summed E-state index contributed by atoms with van der Waals surface area (Å²) in [7, 11) is -16.2. The molecular formula is H15Ca5O10P3. The van der Waals surface area contributed by atoms with Crippen molar-refractivity contribution in [1.82, 2.24) is 0 Å². The van der Waals surface area contributed by atoms with E-state index < -0.39 is 23.5 Å². The fourth-order valence-corrected chi connectivity index (χ4v) is 2.82. The van der Waals surface area contributed by atoms with Crippen molar-refractivity contribution in [3.8, 4) is 0 Å². The first-order valence-electron chi connectivity index (χ1n) is 2.28. The van der Waals surface area contributed by atoms with Crippen LogP contribution in [0, 0.1) is 0 Å². The number of rotatable bonds is 4. The van der Waals surface area contributed by atoms with Gasteiger partial charge in [0.25, 0.3) is 0 Å². The smallest absolute Gasteiger partial charge is 1.00 e. The quantitative estimate of drug-likeness (QED) is 0.242. The molecule has 100 valence electrons. The van der Waals surface area contributed by atoms with Crippen molar-refractivity contribution in [3.05, 3.63) is 0 Å². The van der Waals surface area contributed by atoms with Crippen LogP contribution in [0.5, 0.6) is 0 Å². The Morgan fingerprint density at radius 1 is 0.611 bits per heavy atom. The first-order chi connectivity index (χ1) is 5.41. The predicted octanol–water partition coefficient (Wildman–Crippen LogP) is -1.47. The van der Waals surface area contributed by atoms with Crippen LogP contribution in [0.25, 0.3) is 0 Å². The normalized spacial score (nSPS) is 10.5. The number of hydrogen-bond donors (Lipinski definition) is 5. The van der Waals surface area contributed by atoms with Gasteiger partial charge in [0.05, 0.1) is 0 Å². The summed E-state index contributed by atoms with van der Waals surface area (Å²) in [5.74, 6) is 0. The van der Waals surface area contributed by atoms with Crippen LogP contribution in [-0.4, -0.2) is 213 Å². The van der Waals surface area contributed by atoms with Crippen LogP contribution in [-0.2, 0) is 22.3 Å². The topological polar surface area (TPSA) is 171 Å². The summed E-state index contributed by atoms with van der Waals surface area (Å²) in [4.78, 5) is 40.2.